The smallest absolute Gasteiger partial charge is 0.339 e. The average molecular weight is 248 g/mol. The lowest BCUT2D eigenvalue weighted by molar-refractivity contribution is -0.118. The van der Waals surface area contributed by atoms with Gasteiger partial charge in [0.1, 0.15) is 0 Å². The molecule has 0 radical (unpaired) electrons. The van der Waals surface area contributed by atoms with Crippen LogP contribution in [0.5, 0.6) is 0 Å². The molecule has 0 aromatic heterocycles. The Bertz CT molecular complexity index is 481. The maximum Gasteiger partial charge on any atom is 0.339 e. The van der Waals surface area contributed by atoms with Crippen LogP contribution in [0, 0.1) is 0 Å². The number of para-hydroxylation sites is 1. The number of esters is 1. The van der Waals surface area contributed by atoms with Gasteiger partial charge < -0.3 is 15.8 Å². The van der Waals surface area contributed by atoms with Gasteiger partial charge in [-0.1, -0.05) is 24.3 Å². The van der Waals surface area contributed by atoms with Gasteiger partial charge >= 0.3 is 5.97 Å². The number of anilines is 1. The zero-order valence-electron chi connectivity index (χ0n) is 10.4. The molecule has 1 aromatic rings. The number of nitrogen functional groups attached to an aromatic ring is 1. The van der Waals surface area contributed by atoms with Gasteiger partial charge in [0.2, 0.25) is 5.91 Å². The summed E-state index contributed by atoms with van der Waals surface area (Å²) in [4.78, 5) is 22.1. The number of ether oxygens (including phenoxy) is 1. The molecule has 0 bridgehead atoms. The molecular weight excluding hydrogens is 232 g/mol. The third-order valence-electron chi connectivity index (χ3n) is 2.31. The number of nitrogens with one attached hydrogen (secondary N) is 1. The first-order valence-corrected chi connectivity index (χ1v) is 5.44. The molecule has 0 heterocycles. The van der Waals surface area contributed by atoms with Crippen molar-refractivity contribution in [2.24, 2.45) is 0 Å². The zero-order valence-corrected chi connectivity index (χ0v) is 10.4. The molecule has 5 nitrogen and oxygen atoms in total. The van der Waals surface area contributed by atoms with Crippen LogP contribution in [0.25, 0.3) is 6.08 Å². The van der Waals surface area contributed by atoms with E-state index in [0.717, 1.165) is 0 Å². The Morgan fingerprint density at radius 3 is 2.78 bits per heavy atom. The molecule has 3 N–H and O–H groups in total. The molecule has 0 atom stereocenters. The van der Waals surface area contributed by atoms with Gasteiger partial charge in [-0.3, -0.25) is 4.79 Å². The number of amides is 1. The summed E-state index contributed by atoms with van der Waals surface area (Å²) >= 11 is 0. The molecule has 5 heteroatoms. The number of methoxy groups -OCH3 is 1. The topological polar surface area (TPSA) is 81.4 Å². The van der Waals surface area contributed by atoms with Gasteiger partial charge in [-0.05, 0) is 11.6 Å². The van der Waals surface area contributed by atoms with Crippen molar-refractivity contribution in [2.75, 3.05) is 19.4 Å². The van der Waals surface area contributed by atoms with Gasteiger partial charge in [0.25, 0.3) is 0 Å². The highest BCUT2D eigenvalue weighted by Gasteiger charge is 2.10. The van der Waals surface area contributed by atoms with E-state index in [1.54, 1.807) is 30.4 Å². The van der Waals surface area contributed by atoms with Crippen LogP contribution in [0.3, 0.4) is 0 Å². The summed E-state index contributed by atoms with van der Waals surface area (Å²) in [6.45, 7) is 1.86. The van der Waals surface area contributed by atoms with Crippen LogP contribution in [0.2, 0.25) is 0 Å². The molecule has 0 saturated carbocycles. The third kappa shape index (κ3) is 3.62. The number of rotatable bonds is 4. The van der Waals surface area contributed by atoms with E-state index in [2.05, 4.69) is 10.1 Å². The number of hydrogen-bond acceptors (Lipinski definition) is 4. The summed E-state index contributed by atoms with van der Waals surface area (Å²) in [5.41, 5.74) is 7.27. The van der Waals surface area contributed by atoms with Crippen LogP contribution < -0.4 is 11.1 Å². The van der Waals surface area contributed by atoms with E-state index in [1.165, 1.54) is 14.0 Å². The largest absolute Gasteiger partial charge is 0.465 e. The van der Waals surface area contributed by atoms with Crippen LogP contribution in [0.4, 0.5) is 5.69 Å². The lowest BCUT2D eigenvalue weighted by Gasteiger charge is -2.06. The Balaban J connectivity index is 2.84. The normalized spacial score (nSPS) is 10.3. The molecule has 0 aliphatic rings. The fraction of sp³-hybridized carbons (Fsp3) is 0.231. The highest BCUT2D eigenvalue weighted by Crippen LogP contribution is 2.19. The van der Waals surface area contributed by atoms with E-state index in [4.69, 9.17) is 5.73 Å². The second-order valence-electron chi connectivity index (χ2n) is 3.64. The molecule has 0 spiro atoms. The second kappa shape index (κ2) is 6.44. The Labute approximate surface area is 106 Å². The molecule has 0 aliphatic carbocycles. The molecule has 0 saturated heterocycles. The van der Waals surface area contributed by atoms with Gasteiger partial charge in [0.05, 0.1) is 18.4 Å². The van der Waals surface area contributed by atoms with E-state index >= 15 is 0 Å². The summed E-state index contributed by atoms with van der Waals surface area (Å²) in [7, 11) is 1.31. The van der Waals surface area contributed by atoms with Gasteiger partial charge in [0.15, 0.2) is 0 Å². The summed E-state index contributed by atoms with van der Waals surface area (Å²) in [5, 5.41) is 2.63. The van der Waals surface area contributed by atoms with Gasteiger partial charge in [-0.15, -0.1) is 0 Å². The van der Waals surface area contributed by atoms with Crippen LogP contribution in [-0.4, -0.2) is 25.5 Å². The number of hydrogen-bond donors (Lipinski definition) is 2. The molecular formula is C13H16N2O3. The van der Waals surface area contributed by atoms with Crippen LogP contribution in [-0.2, 0) is 9.53 Å². The van der Waals surface area contributed by atoms with Crippen LogP contribution in [0.15, 0.2) is 24.3 Å². The Morgan fingerprint density at radius 1 is 1.44 bits per heavy atom. The molecule has 0 fully saturated rings. The Kier molecular flexibility index (Phi) is 4.92. The number of carbonyl (C=O) groups is 2. The molecule has 1 rings (SSSR count). The lowest BCUT2D eigenvalue weighted by Crippen LogP contribution is -2.19. The highest BCUT2D eigenvalue weighted by atomic mass is 16.5. The Hall–Kier alpha value is -2.30. The summed E-state index contributed by atoms with van der Waals surface area (Å²) in [6.07, 6.45) is 3.51. The molecule has 1 aromatic carbocycles. The third-order valence-corrected chi connectivity index (χ3v) is 2.31. The molecule has 1 amide bonds. The zero-order chi connectivity index (χ0) is 13.5. The van der Waals surface area contributed by atoms with E-state index in [0.29, 0.717) is 23.4 Å². The van der Waals surface area contributed by atoms with Crippen LogP contribution in [0.1, 0.15) is 22.8 Å². The predicted octanol–water partition coefficient (Wildman–Crippen LogP) is 1.20. The highest BCUT2D eigenvalue weighted by molar-refractivity contribution is 5.97. The number of nitrogens with two attached hydrogens (primary N) is 1. The van der Waals surface area contributed by atoms with Gasteiger partial charge in [0, 0.05) is 13.5 Å². The minimum absolute atomic E-state index is 0.101. The van der Waals surface area contributed by atoms with Crippen molar-refractivity contribution in [3.8, 4) is 0 Å². The molecule has 96 valence electrons. The predicted molar refractivity (Wildman–Crippen MR) is 69.9 cm³/mol. The van der Waals surface area contributed by atoms with Crippen LogP contribution >= 0.6 is 0 Å². The Morgan fingerprint density at radius 2 is 2.17 bits per heavy atom. The van der Waals surface area contributed by atoms with Crippen molar-refractivity contribution >= 4 is 23.6 Å². The summed E-state index contributed by atoms with van der Waals surface area (Å²) in [6, 6.07) is 5.11. The summed E-state index contributed by atoms with van der Waals surface area (Å²) < 4.78 is 4.63. The summed E-state index contributed by atoms with van der Waals surface area (Å²) in [5.74, 6) is -0.569. The fourth-order valence-corrected chi connectivity index (χ4v) is 1.40. The van der Waals surface area contributed by atoms with Crippen molar-refractivity contribution in [1.29, 1.82) is 0 Å². The first-order chi connectivity index (χ1) is 8.56. The van der Waals surface area contributed by atoms with Crippen molar-refractivity contribution in [3.63, 3.8) is 0 Å². The van der Waals surface area contributed by atoms with Crippen molar-refractivity contribution in [3.05, 3.63) is 35.4 Å². The minimum atomic E-state index is -0.468. The number of carbonyl (C=O) groups excluding carboxylic acids is 2. The van der Waals surface area contributed by atoms with E-state index < -0.39 is 5.97 Å². The maximum atomic E-state index is 11.4. The van der Waals surface area contributed by atoms with E-state index in [1.807, 2.05) is 0 Å². The minimum Gasteiger partial charge on any atom is -0.465 e. The lowest BCUT2D eigenvalue weighted by atomic mass is 10.1. The van der Waals surface area contributed by atoms with Crippen molar-refractivity contribution in [2.45, 2.75) is 6.92 Å². The maximum absolute atomic E-state index is 11.4. The first-order valence-electron chi connectivity index (χ1n) is 5.44. The molecule has 18 heavy (non-hydrogen) atoms. The standard InChI is InChI=1S/C13H16N2O3/c1-9(16)15-8-4-6-10-5-3-7-11(12(10)14)13(17)18-2/h3-7H,8,14H2,1-2H3,(H,15,16). The van der Waals surface area contributed by atoms with E-state index in [-0.39, 0.29) is 5.91 Å². The van der Waals surface area contributed by atoms with Gasteiger partial charge in [-0.2, -0.15) is 0 Å². The van der Waals surface area contributed by atoms with Gasteiger partial charge in [-0.25, -0.2) is 4.79 Å². The quantitative estimate of drug-likeness (QED) is 0.619. The van der Waals surface area contributed by atoms with Crippen molar-refractivity contribution < 1.29 is 14.3 Å². The monoisotopic (exact) mass is 248 g/mol. The fourth-order valence-electron chi connectivity index (χ4n) is 1.40. The molecule has 0 unspecified atom stereocenters. The number of benzene rings is 1. The first kappa shape index (κ1) is 13.8. The average Bonchev–Trinajstić information content (AvgIpc) is 2.35. The SMILES string of the molecule is COC(=O)c1cccc(C=CCNC(C)=O)c1N. The second-order valence-corrected chi connectivity index (χ2v) is 3.64. The molecule has 0 aliphatic heterocycles. The van der Waals surface area contributed by atoms with E-state index in [9.17, 15) is 9.59 Å². The van der Waals surface area contributed by atoms with Crippen molar-refractivity contribution in [1.82, 2.24) is 5.32 Å².